The van der Waals surface area contributed by atoms with Crippen LogP contribution in [0.25, 0.3) is 0 Å². The van der Waals surface area contributed by atoms with Gasteiger partial charge in [-0.2, -0.15) is 10.1 Å². The van der Waals surface area contributed by atoms with E-state index in [1.807, 2.05) is 31.6 Å². The van der Waals surface area contributed by atoms with Crippen molar-refractivity contribution in [2.75, 3.05) is 99.4 Å². The van der Waals surface area contributed by atoms with Gasteiger partial charge < -0.3 is 35.4 Å². The number of rotatable bonds is 14. The number of hydrogen-bond donors (Lipinski definition) is 4. The van der Waals surface area contributed by atoms with Crippen LogP contribution in [0, 0.1) is 17.8 Å². The van der Waals surface area contributed by atoms with E-state index in [-0.39, 0.29) is 48.1 Å². The summed E-state index contributed by atoms with van der Waals surface area (Å²) in [6.07, 6.45) is 16.8. The van der Waals surface area contributed by atoms with Crippen LogP contribution >= 0.6 is 0 Å². The van der Waals surface area contributed by atoms with Gasteiger partial charge in [0.25, 0.3) is 0 Å². The van der Waals surface area contributed by atoms with Crippen LogP contribution in [0.5, 0.6) is 0 Å². The maximum absolute atomic E-state index is 13.8. The first-order chi connectivity index (χ1) is 33.5. The minimum atomic E-state index is -0.453. The number of pyridine rings is 1. The summed E-state index contributed by atoms with van der Waals surface area (Å²) in [6.45, 7) is 11.8. The first-order valence-corrected chi connectivity index (χ1v) is 25.5. The maximum atomic E-state index is 13.8. The maximum Gasteiger partial charge on any atom is 0.343 e. The number of amides is 4. The quantitative estimate of drug-likeness (QED) is 0.135. The number of nitrogens with zero attached hydrogens (tertiary/aromatic N) is 10. The van der Waals surface area contributed by atoms with Crippen molar-refractivity contribution in [1.82, 2.24) is 49.6 Å². The Bertz CT molecular complexity index is 2250. The molecule has 0 radical (unpaired) electrons. The van der Waals surface area contributed by atoms with E-state index in [1.165, 1.54) is 6.20 Å². The summed E-state index contributed by atoms with van der Waals surface area (Å²) in [5, 5.41) is 16.4. The number of imide groups is 1. The Morgan fingerprint density at radius 1 is 0.754 bits per heavy atom. The normalized spacial score (nSPS) is 25.5. The summed E-state index contributed by atoms with van der Waals surface area (Å²) in [4.78, 5) is 89.1. The molecule has 6 aliphatic rings. The van der Waals surface area contributed by atoms with Crippen molar-refractivity contribution < 1.29 is 28.7 Å². The molecule has 2 aliphatic carbocycles. The zero-order valence-electron chi connectivity index (χ0n) is 40.3. The fourth-order valence-electron chi connectivity index (χ4n) is 11.3. The lowest BCUT2D eigenvalue weighted by Gasteiger charge is -2.43. The van der Waals surface area contributed by atoms with E-state index in [2.05, 4.69) is 65.8 Å². The number of esters is 1. The molecular formula is C49H70N14O6. The fraction of sp³-hybridized carbons (Fsp3) is 0.653. The highest BCUT2D eigenvalue weighted by molar-refractivity contribution is 6.01. The van der Waals surface area contributed by atoms with E-state index in [0.29, 0.717) is 47.9 Å². The molecular weight excluding hydrogens is 881 g/mol. The number of piperazine rings is 2. The van der Waals surface area contributed by atoms with Crippen LogP contribution in [0.3, 0.4) is 0 Å². The van der Waals surface area contributed by atoms with Crippen LogP contribution in [0.1, 0.15) is 94.3 Å². The van der Waals surface area contributed by atoms with E-state index in [1.54, 1.807) is 17.8 Å². The number of ether oxygens (including phenoxy) is 1. The number of piperidine rings is 2. The van der Waals surface area contributed by atoms with Gasteiger partial charge in [0.2, 0.25) is 29.6 Å². The molecule has 3 aromatic heterocycles. The SMILES string of the molecule is CCOC(=O)c1cnc(Nc2cnn(C)c2)nc1NC1CCC(N2CCN(C(=O)C3CCC(C(=O)N4CCC(CN5CCN(c6ccc(NC7CCC(=O)NC7=O)nc6)CC5)CC4)CC3)CC2)CC1. The van der Waals surface area contributed by atoms with E-state index in [9.17, 15) is 24.0 Å². The van der Waals surface area contributed by atoms with Gasteiger partial charge in [-0.15, -0.1) is 0 Å². The zero-order valence-corrected chi connectivity index (χ0v) is 40.3. The first-order valence-electron chi connectivity index (χ1n) is 25.5. The molecule has 7 heterocycles. The van der Waals surface area contributed by atoms with Crippen molar-refractivity contribution in [1.29, 1.82) is 0 Å². The molecule has 20 nitrogen and oxygen atoms in total. The summed E-state index contributed by atoms with van der Waals surface area (Å²) in [5.41, 5.74) is 2.13. The molecule has 0 bridgehead atoms. The van der Waals surface area contributed by atoms with Gasteiger partial charge in [-0.25, -0.2) is 14.8 Å². The molecule has 20 heteroatoms. The monoisotopic (exact) mass is 951 g/mol. The van der Waals surface area contributed by atoms with Crippen LogP contribution in [0.2, 0.25) is 0 Å². The Balaban J connectivity index is 0.647. The summed E-state index contributed by atoms with van der Waals surface area (Å²) in [7, 11) is 1.84. The number of carbonyl (C=O) groups excluding carboxylic acids is 5. The molecule has 4 amide bonds. The molecule has 1 atom stereocenters. The van der Waals surface area contributed by atoms with Crippen LogP contribution < -0.4 is 26.2 Å². The third-order valence-corrected chi connectivity index (χ3v) is 15.3. The van der Waals surface area contributed by atoms with Gasteiger partial charge in [0.15, 0.2) is 0 Å². The number of hydrogen-bond acceptors (Lipinski definition) is 16. The first kappa shape index (κ1) is 48.1. The minimum Gasteiger partial charge on any atom is -0.462 e. The number of aryl methyl sites for hydroxylation is 1. The smallest absolute Gasteiger partial charge is 0.343 e. The van der Waals surface area contributed by atoms with E-state index < -0.39 is 12.0 Å². The van der Waals surface area contributed by atoms with Gasteiger partial charge in [0.1, 0.15) is 23.2 Å². The number of carbonyl (C=O) groups is 5. The minimum absolute atomic E-state index is 0.00677. The molecule has 3 aromatic rings. The van der Waals surface area contributed by atoms with Gasteiger partial charge >= 0.3 is 5.97 Å². The van der Waals surface area contributed by atoms with E-state index in [0.717, 1.165) is 148 Å². The molecule has 372 valence electrons. The summed E-state index contributed by atoms with van der Waals surface area (Å²) in [5.74, 6) is 1.65. The molecule has 4 saturated heterocycles. The lowest BCUT2D eigenvalue weighted by molar-refractivity contribution is -0.143. The number of anilines is 5. The highest BCUT2D eigenvalue weighted by Gasteiger charge is 2.37. The molecule has 2 saturated carbocycles. The predicted molar refractivity (Wildman–Crippen MR) is 260 cm³/mol. The second-order valence-electron chi connectivity index (χ2n) is 19.9. The Kier molecular flexibility index (Phi) is 15.5. The van der Waals surface area contributed by atoms with Crippen molar-refractivity contribution in [3.05, 3.63) is 42.5 Å². The molecule has 69 heavy (non-hydrogen) atoms. The highest BCUT2D eigenvalue weighted by Crippen LogP contribution is 2.34. The largest absolute Gasteiger partial charge is 0.462 e. The van der Waals surface area contributed by atoms with Crippen LogP contribution in [-0.4, -0.2) is 171 Å². The number of likely N-dealkylation sites (tertiary alicyclic amines) is 1. The lowest BCUT2D eigenvalue weighted by atomic mass is 9.80. The van der Waals surface area contributed by atoms with E-state index >= 15 is 0 Å². The Hall–Kier alpha value is -5.89. The van der Waals surface area contributed by atoms with Gasteiger partial charge in [-0.1, -0.05) is 0 Å². The van der Waals surface area contributed by atoms with Gasteiger partial charge in [-0.05, 0) is 95.6 Å². The molecule has 4 N–H and O–H groups in total. The lowest BCUT2D eigenvalue weighted by Crippen LogP contribution is -2.54. The zero-order chi connectivity index (χ0) is 47.9. The second-order valence-corrected chi connectivity index (χ2v) is 19.9. The average Bonchev–Trinajstić information content (AvgIpc) is 3.79. The summed E-state index contributed by atoms with van der Waals surface area (Å²) >= 11 is 0. The molecule has 0 spiro atoms. The third kappa shape index (κ3) is 12.1. The van der Waals surface area contributed by atoms with Gasteiger partial charge in [0.05, 0.1) is 30.4 Å². The number of aromatic nitrogens is 5. The number of nitrogens with one attached hydrogen (secondary N) is 4. The predicted octanol–water partition coefficient (Wildman–Crippen LogP) is 3.48. The average molecular weight is 951 g/mol. The van der Waals surface area contributed by atoms with E-state index in [4.69, 9.17) is 4.74 Å². The molecule has 9 rings (SSSR count). The van der Waals surface area contributed by atoms with Crippen molar-refractivity contribution in [2.45, 2.75) is 102 Å². The highest BCUT2D eigenvalue weighted by atomic mass is 16.5. The topological polar surface area (TPSA) is 215 Å². The van der Waals surface area contributed by atoms with Crippen molar-refractivity contribution in [3.63, 3.8) is 0 Å². The van der Waals surface area contributed by atoms with Gasteiger partial charge in [0, 0.05) is 122 Å². The van der Waals surface area contributed by atoms with Crippen LogP contribution in [-0.2, 0) is 31.0 Å². The fourth-order valence-corrected chi connectivity index (χ4v) is 11.3. The van der Waals surface area contributed by atoms with Crippen molar-refractivity contribution >= 4 is 58.6 Å². The van der Waals surface area contributed by atoms with Crippen molar-refractivity contribution in [2.24, 2.45) is 24.8 Å². The van der Waals surface area contributed by atoms with Crippen LogP contribution in [0.4, 0.5) is 29.0 Å². The Morgan fingerprint density at radius 2 is 1.45 bits per heavy atom. The molecule has 0 aromatic carbocycles. The van der Waals surface area contributed by atoms with Gasteiger partial charge in [-0.3, -0.25) is 39.0 Å². The summed E-state index contributed by atoms with van der Waals surface area (Å²) in [6, 6.07) is 4.10. The summed E-state index contributed by atoms with van der Waals surface area (Å²) < 4.78 is 7.00. The second kappa shape index (κ2) is 22.2. The Labute approximate surface area is 404 Å². The van der Waals surface area contributed by atoms with Crippen molar-refractivity contribution in [3.8, 4) is 0 Å². The molecule has 1 unspecified atom stereocenters. The third-order valence-electron chi connectivity index (χ3n) is 15.3. The van der Waals surface area contributed by atoms with Crippen LogP contribution in [0.15, 0.2) is 36.9 Å². The molecule has 4 aliphatic heterocycles. The Morgan fingerprint density at radius 3 is 2.07 bits per heavy atom. The standard InChI is InChI=1S/C49H70N14O6/c1-3-69-48(68)40-30-51-49(54-37-28-52-58(2)32-37)57-44(40)53-36-8-10-38(11-9-36)60-24-26-63(27-25-60)47(67)35-6-4-34(5-7-35)46(66)62-18-16-33(17-19-62)31-59-20-22-61(23-21-59)39-12-14-42(50-29-39)55-41-13-15-43(64)56-45(41)65/h12,14,28-30,32-36,38,41H,3-11,13,15-27,31H2,1-2H3,(H,50,55)(H,56,64,65)(H2,51,53,54,57). The molecule has 6 fully saturated rings.